The van der Waals surface area contributed by atoms with Gasteiger partial charge in [-0.1, -0.05) is 0 Å². The molecule has 1 aliphatic rings. The molecule has 5 heteroatoms. The predicted octanol–water partition coefficient (Wildman–Crippen LogP) is 2.78. The van der Waals surface area contributed by atoms with Crippen molar-refractivity contribution in [3.05, 3.63) is 48.0 Å². The largest absolute Gasteiger partial charge is 0.497 e. The van der Waals surface area contributed by atoms with Crippen molar-refractivity contribution in [2.24, 2.45) is 0 Å². The molecule has 0 saturated heterocycles. The van der Waals surface area contributed by atoms with Crippen LogP contribution in [0, 0.1) is 0 Å². The standard InChI is InChI=1S/C16H17N3O2/c1-21-13-5-3-12(4-6-13)19-16(20)11-2-7-14-15(10-11)18-9-8-17-14/h2-7,10,17-18H,8-9H2,1H3,(H,19,20). The van der Waals surface area contributed by atoms with Crippen molar-refractivity contribution in [3.63, 3.8) is 0 Å². The Morgan fingerprint density at radius 3 is 2.48 bits per heavy atom. The van der Waals surface area contributed by atoms with Gasteiger partial charge in [0.15, 0.2) is 0 Å². The minimum Gasteiger partial charge on any atom is -0.497 e. The van der Waals surface area contributed by atoms with Crippen molar-refractivity contribution in [1.29, 1.82) is 0 Å². The highest BCUT2D eigenvalue weighted by atomic mass is 16.5. The fourth-order valence-electron chi connectivity index (χ4n) is 2.26. The van der Waals surface area contributed by atoms with Crippen LogP contribution < -0.4 is 20.7 Å². The van der Waals surface area contributed by atoms with Gasteiger partial charge in [-0.25, -0.2) is 0 Å². The molecule has 0 atom stereocenters. The molecule has 3 rings (SSSR count). The number of rotatable bonds is 3. The van der Waals surface area contributed by atoms with Gasteiger partial charge >= 0.3 is 0 Å². The van der Waals surface area contributed by atoms with E-state index in [0.29, 0.717) is 5.56 Å². The first-order chi connectivity index (χ1) is 10.3. The van der Waals surface area contributed by atoms with Crippen LogP contribution in [0.2, 0.25) is 0 Å². The van der Waals surface area contributed by atoms with Gasteiger partial charge in [0.05, 0.1) is 18.5 Å². The molecule has 0 aliphatic carbocycles. The Bertz CT molecular complexity index is 653. The highest BCUT2D eigenvalue weighted by molar-refractivity contribution is 6.05. The molecule has 0 fully saturated rings. The number of fused-ring (bicyclic) bond motifs is 1. The van der Waals surface area contributed by atoms with E-state index in [4.69, 9.17) is 4.74 Å². The number of ether oxygens (including phenoxy) is 1. The molecule has 2 aromatic rings. The maximum absolute atomic E-state index is 12.3. The third-order valence-corrected chi connectivity index (χ3v) is 3.39. The van der Waals surface area contributed by atoms with E-state index in [0.717, 1.165) is 35.9 Å². The zero-order valence-electron chi connectivity index (χ0n) is 11.8. The van der Waals surface area contributed by atoms with Gasteiger partial charge in [-0.05, 0) is 42.5 Å². The lowest BCUT2D eigenvalue weighted by Crippen LogP contribution is -2.21. The molecule has 0 bridgehead atoms. The molecule has 1 amide bonds. The number of benzene rings is 2. The molecular formula is C16H17N3O2. The van der Waals surface area contributed by atoms with Crippen LogP contribution in [0.5, 0.6) is 5.75 Å². The van der Waals surface area contributed by atoms with Gasteiger partial charge in [0.25, 0.3) is 5.91 Å². The van der Waals surface area contributed by atoms with E-state index >= 15 is 0 Å². The molecule has 21 heavy (non-hydrogen) atoms. The predicted molar refractivity (Wildman–Crippen MR) is 84.4 cm³/mol. The molecule has 0 aromatic heterocycles. The molecule has 0 radical (unpaired) electrons. The first-order valence-electron chi connectivity index (χ1n) is 6.83. The summed E-state index contributed by atoms with van der Waals surface area (Å²) in [6, 6.07) is 12.9. The lowest BCUT2D eigenvalue weighted by molar-refractivity contribution is 0.102. The van der Waals surface area contributed by atoms with E-state index in [-0.39, 0.29) is 5.91 Å². The lowest BCUT2D eigenvalue weighted by atomic mass is 10.1. The fourth-order valence-corrected chi connectivity index (χ4v) is 2.26. The SMILES string of the molecule is COc1ccc(NC(=O)c2ccc3c(c2)NCCN3)cc1. The van der Waals surface area contributed by atoms with Crippen LogP contribution >= 0.6 is 0 Å². The Morgan fingerprint density at radius 2 is 1.76 bits per heavy atom. The maximum atomic E-state index is 12.3. The van der Waals surface area contributed by atoms with Gasteiger partial charge in [-0.15, -0.1) is 0 Å². The second kappa shape index (κ2) is 5.75. The van der Waals surface area contributed by atoms with Gasteiger partial charge in [-0.2, -0.15) is 0 Å². The van der Waals surface area contributed by atoms with Crippen molar-refractivity contribution in [3.8, 4) is 5.75 Å². The number of nitrogens with one attached hydrogen (secondary N) is 3. The molecule has 0 spiro atoms. The molecule has 0 unspecified atom stereocenters. The number of hydrogen-bond donors (Lipinski definition) is 3. The third kappa shape index (κ3) is 2.91. The zero-order chi connectivity index (χ0) is 14.7. The number of anilines is 3. The number of amides is 1. The van der Waals surface area contributed by atoms with Crippen LogP contribution in [-0.2, 0) is 0 Å². The highest BCUT2D eigenvalue weighted by Crippen LogP contribution is 2.25. The van der Waals surface area contributed by atoms with Gasteiger partial charge < -0.3 is 20.7 Å². The average Bonchev–Trinajstić information content (AvgIpc) is 2.55. The number of hydrogen-bond acceptors (Lipinski definition) is 4. The maximum Gasteiger partial charge on any atom is 0.255 e. The summed E-state index contributed by atoms with van der Waals surface area (Å²) in [5.74, 6) is 0.632. The van der Waals surface area contributed by atoms with Crippen LogP contribution in [-0.4, -0.2) is 26.1 Å². The third-order valence-electron chi connectivity index (χ3n) is 3.39. The normalized spacial score (nSPS) is 12.6. The Labute approximate surface area is 123 Å². The van der Waals surface area contributed by atoms with Crippen LogP contribution in [0.1, 0.15) is 10.4 Å². The zero-order valence-corrected chi connectivity index (χ0v) is 11.8. The summed E-state index contributed by atoms with van der Waals surface area (Å²) in [6.45, 7) is 1.75. The lowest BCUT2D eigenvalue weighted by Gasteiger charge is -2.20. The summed E-state index contributed by atoms with van der Waals surface area (Å²) < 4.78 is 5.09. The highest BCUT2D eigenvalue weighted by Gasteiger charge is 2.12. The molecule has 5 nitrogen and oxygen atoms in total. The van der Waals surface area contributed by atoms with Gasteiger partial charge in [0.1, 0.15) is 5.75 Å². The van der Waals surface area contributed by atoms with E-state index in [1.807, 2.05) is 42.5 Å². The first kappa shape index (κ1) is 13.3. The monoisotopic (exact) mass is 283 g/mol. The van der Waals surface area contributed by atoms with Crippen molar-refractivity contribution < 1.29 is 9.53 Å². The van der Waals surface area contributed by atoms with E-state index in [1.54, 1.807) is 7.11 Å². The number of carbonyl (C=O) groups excluding carboxylic acids is 1. The second-order valence-corrected chi connectivity index (χ2v) is 4.80. The molecule has 3 N–H and O–H groups in total. The molecule has 1 heterocycles. The van der Waals surface area contributed by atoms with Gasteiger partial charge in [0, 0.05) is 24.3 Å². The summed E-state index contributed by atoms with van der Waals surface area (Å²) in [5.41, 5.74) is 3.36. The Morgan fingerprint density at radius 1 is 1.05 bits per heavy atom. The first-order valence-corrected chi connectivity index (χ1v) is 6.83. The van der Waals surface area contributed by atoms with Crippen LogP contribution in [0.15, 0.2) is 42.5 Å². The average molecular weight is 283 g/mol. The minimum atomic E-state index is -0.129. The molecule has 108 valence electrons. The topological polar surface area (TPSA) is 62.4 Å². The number of methoxy groups -OCH3 is 1. The van der Waals surface area contributed by atoms with E-state index in [9.17, 15) is 4.79 Å². The van der Waals surface area contributed by atoms with Gasteiger partial charge in [0.2, 0.25) is 0 Å². The minimum absolute atomic E-state index is 0.129. The summed E-state index contributed by atoms with van der Waals surface area (Å²) in [6.07, 6.45) is 0. The van der Waals surface area contributed by atoms with E-state index in [2.05, 4.69) is 16.0 Å². The summed E-state index contributed by atoms with van der Waals surface area (Å²) in [7, 11) is 1.61. The Hall–Kier alpha value is -2.69. The molecule has 0 saturated carbocycles. The van der Waals surface area contributed by atoms with Crippen LogP contribution in [0.3, 0.4) is 0 Å². The molecule has 2 aromatic carbocycles. The quantitative estimate of drug-likeness (QED) is 0.810. The molecule has 1 aliphatic heterocycles. The summed E-state index contributed by atoms with van der Waals surface area (Å²) in [5, 5.41) is 9.43. The summed E-state index contributed by atoms with van der Waals surface area (Å²) in [4.78, 5) is 12.3. The van der Waals surface area contributed by atoms with Crippen molar-refractivity contribution in [2.75, 3.05) is 36.1 Å². The van der Waals surface area contributed by atoms with E-state index in [1.165, 1.54) is 0 Å². The van der Waals surface area contributed by atoms with Crippen molar-refractivity contribution in [1.82, 2.24) is 0 Å². The number of carbonyl (C=O) groups is 1. The van der Waals surface area contributed by atoms with Crippen molar-refractivity contribution in [2.45, 2.75) is 0 Å². The van der Waals surface area contributed by atoms with E-state index < -0.39 is 0 Å². The van der Waals surface area contributed by atoms with Crippen LogP contribution in [0.4, 0.5) is 17.1 Å². The van der Waals surface area contributed by atoms with Crippen LogP contribution in [0.25, 0.3) is 0 Å². The van der Waals surface area contributed by atoms with Crippen molar-refractivity contribution >= 4 is 23.0 Å². The molecular weight excluding hydrogens is 266 g/mol. The smallest absolute Gasteiger partial charge is 0.255 e. The Balaban J connectivity index is 1.75. The summed E-state index contributed by atoms with van der Waals surface area (Å²) >= 11 is 0. The van der Waals surface area contributed by atoms with Gasteiger partial charge in [-0.3, -0.25) is 4.79 Å². The fraction of sp³-hybridized carbons (Fsp3) is 0.188. The Kier molecular flexibility index (Phi) is 3.64. The second-order valence-electron chi connectivity index (χ2n) is 4.80.